The number of nitrogens with zero attached hydrogens (tertiary/aromatic N) is 4. The standard InChI is InChI=1S/C26H18ClN5OS3/c27-18-10-8-16(9-11-18)21-15-35-26-31-30-25(32(21)26)34-13-12-23(33)28-19-5-3-4-17(14-19)24-29-20-6-1-2-7-22(20)36-24/h1-11,14-15H,12-13H2,(H,28,33). The smallest absolute Gasteiger partial charge is 0.225 e. The Bertz CT molecular complexity index is 1660. The minimum Gasteiger partial charge on any atom is -0.326 e. The fourth-order valence-corrected chi connectivity index (χ4v) is 6.66. The summed E-state index contributed by atoms with van der Waals surface area (Å²) in [5.74, 6) is 0.535. The Hall–Kier alpha value is -3.24. The zero-order valence-electron chi connectivity index (χ0n) is 18.7. The molecule has 6 aromatic rings. The van der Waals surface area contributed by atoms with Gasteiger partial charge in [0.2, 0.25) is 10.9 Å². The summed E-state index contributed by atoms with van der Waals surface area (Å²) in [5.41, 5.74) is 4.78. The SMILES string of the molecule is O=C(CCSc1nnc2scc(-c3ccc(Cl)cc3)n12)Nc1cccc(-c2nc3ccccc3s2)c1. The van der Waals surface area contributed by atoms with E-state index in [1.54, 1.807) is 11.3 Å². The topological polar surface area (TPSA) is 72.2 Å². The highest BCUT2D eigenvalue weighted by molar-refractivity contribution is 7.99. The summed E-state index contributed by atoms with van der Waals surface area (Å²) in [6, 6.07) is 23.6. The maximum absolute atomic E-state index is 12.7. The molecule has 6 rings (SSSR count). The second-order valence-corrected chi connectivity index (χ2v) is 11.3. The molecular formula is C26H18ClN5OS3. The van der Waals surface area contributed by atoms with E-state index in [-0.39, 0.29) is 5.91 Å². The molecule has 0 fully saturated rings. The Morgan fingerprint density at radius 1 is 1.00 bits per heavy atom. The van der Waals surface area contributed by atoms with Gasteiger partial charge in [0.1, 0.15) is 5.01 Å². The van der Waals surface area contributed by atoms with Crippen molar-refractivity contribution in [3.63, 3.8) is 0 Å². The number of thiazole rings is 2. The van der Waals surface area contributed by atoms with Gasteiger partial charge in [0.25, 0.3) is 0 Å². The molecule has 3 aromatic carbocycles. The lowest BCUT2D eigenvalue weighted by atomic mass is 10.2. The molecule has 1 amide bonds. The Balaban J connectivity index is 1.11. The van der Waals surface area contributed by atoms with E-state index in [1.807, 2.05) is 71.1 Å². The van der Waals surface area contributed by atoms with Crippen molar-refractivity contribution in [2.45, 2.75) is 11.6 Å². The van der Waals surface area contributed by atoms with Crippen molar-refractivity contribution in [2.24, 2.45) is 0 Å². The van der Waals surface area contributed by atoms with E-state index in [0.29, 0.717) is 17.2 Å². The van der Waals surface area contributed by atoms with Gasteiger partial charge in [-0.15, -0.1) is 32.9 Å². The third-order valence-electron chi connectivity index (χ3n) is 5.51. The summed E-state index contributed by atoms with van der Waals surface area (Å²) < 4.78 is 3.17. The Morgan fingerprint density at radius 3 is 2.72 bits per heavy atom. The van der Waals surface area contributed by atoms with E-state index in [0.717, 1.165) is 47.8 Å². The third kappa shape index (κ3) is 4.75. The number of para-hydroxylation sites is 1. The molecule has 0 aliphatic rings. The summed E-state index contributed by atoms with van der Waals surface area (Å²) in [6.45, 7) is 0. The van der Waals surface area contributed by atoms with Crippen molar-refractivity contribution >= 4 is 72.8 Å². The third-order valence-corrected chi connectivity index (χ3v) is 8.59. The van der Waals surface area contributed by atoms with E-state index in [1.165, 1.54) is 23.1 Å². The molecule has 0 spiro atoms. The molecule has 1 N–H and O–H groups in total. The Labute approximate surface area is 224 Å². The van der Waals surface area contributed by atoms with Gasteiger partial charge in [-0.1, -0.05) is 59.8 Å². The van der Waals surface area contributed by atoms with Gasteiger partial charge >= 0.3 is 0 Å². The number of halogens is 1. The van der Waals surface area contributed by atoms with Crippen LogP contribution in [0.3, 0.4) is 0 Å². The fraction of sp³-hybridized carbons (Fsp3) is 0.0769. The molecule has 0 aliphatic heterocycles. The van der Waals surface area contributed by atoms with Crippen molar-refractivity contribution in [2.75, 3.05) is 11.1 Å². The van der Waals surface area contributed by atoms with E-state index in [4.69, 9.17) is 16.6 Å². The zero-order chi connectivity index (χ0) is 24.5. The average Bonchev–Trinajstić information content (AvgIpc) is 3.61. The monoisotopic (exact) mass is 547 g/mol. The van der Waals surface area contributed by atoms with Gasteiger partial charge in [-0.2, -0.15) is 0 Å². The molecule has 0 bridgehead atoms. The normalized spacial score (nSPS) is 11.4. The van der Waals surface area contributed by atoms with Crippen molar-refractivity contribution < 1.29 is 4.79 Å². The van der Waals surface area contributed by atoms with Crippen LogP contribution in [0.5, 0.6) is 0 Å². The quantitative estimate of drug-likeness (QED) is 0.209. The van der Waals surface area contributed by atoms with Crippen LogP contribution in [0.2, 0.25) is 5.02 Å². The number of fused-ring (bicyclic) bond motifs is 2. The highest BCUT2D eigenvalue weighted by Gasteiger charge is 2.15. The van der Waals surface area contributed by atoms with Crippen LogP contribution in [0.1, 0.15) is 6.42 Å². The van der Waals surface area contributed by atoms with Gasteiger partial charge in [-0.3, -0.25) is 9.20 Å². The first-order valence-corrected chi connectivity index (χ1v) is 14.2. The van der Waals surface area contributed by atoms with Gasteiger partial charge < -0.3 is 5.32 Å². The fourth-order valence-electron chi connectivity index (χ4n) is 3.80. The lowest BCUT2D eigenvalue weighted by Gasteiger charge is -2.07. The molecule has 3 aromatic heterocycles. The number of benzene rings is 3. The number of carbonyl (C=O) groups is 1. The van der Waals surface area contributed by atoms with Crippen molar-refractivity contribution in [3.8, 4) is 21.8 Å². The number of carbonyl (C=O) groups excluding carboxylic acids is 1. The van der Waals surface area contributed by atoms with Crippen LogP contribution in [0, 0.1) is 0 Å². The van der Waals surface area contributed by atoms with Gasteiger partial charge in [0.05, 0.1) is 15.9 Å². The van der Waals surface area contributed by atoms with Crippen LogP contribution in [-0.2, 0) is 4.79 Å². The number of thioether (sulfide) groups is 1. The second-order valence-electron chi connectivity index (χ2n) is 7.94. The van der Waals surface area contributed by atoms with E-state index < -0.39 is 0 Å². The lowest BCUT2D eigenvalue weighted by Crippen LogP contribution is -2.12. The number of hydrogen-bond donors (Lipinski definition) is 1. The predicted molar refractivity (Wildman–Crippen MR) is 150 cm³/mol. The van der Waals surface area contributed by atoms with Crippen molar-refractivity contribution in [3.05, 3.63) is 83.2 Å². The molecule has 0 saturated heterocycles. The summed E-state index contributed by atoms with van der Waals surface area (Å²) in [6.07, 6.45) is 0.353. The maximum atomic E-state index is 12.7. The molecule has 0 radical (unpaired) electrons. The summed E-state index contributed by atoms with van der Waals surface area (Å²) >= 11 is 10.7. The number of hydrogen-bond acceptors (Lipinski definition) is 7. The number of aromatic nitrogens is 4. The Kier molecular flexibility index (Phi) is 6.45. The highest BCUT2D eigenvalue weighted by atomic mass is 35.5. The second kappa shape index (κ2) is 10.0. The van der Waals surface area contributed by atoms with E-state index in [2.05, 4.69) is 27.0 Å². The summed E-state index contributed by atoms with van der Waals surface area (Å²) in [7, 11) is 0. The molecular weight excluding hydrogens is 530 g/mol. The minimum absolute atomic E-state index is 0.0482. The first-order valence-electron chi connectivity index (χ1n) is 11.1. The summed E-state index contributed by atoms with van der Waals surface area (Å²) in [4.78, 5) is 18.2. The molecule has 10 heteroatoms. The molecule has 0 aliphatic carbocycles. The number of amides is 1. The number of nitrogens with one attached hydrogen (secondary N) is 1. The predicted octanol–water partition coefficient (Wildman–Crippen LogP) is 7.51. The molecule has 0 saturated carbocycles. The van der Waals surface area contributed by atoms with Gasteiger partial charge in [-0.05, 0) is 42.0 Å². The van der Waals surface area contributed by atoms with Crippen molar-refractivity contribution in [1.29, 1.82) is 0 Å². The van der Waals surface area contributed by atoms with E-state index in [9.17, 15) is 4.79 Å². The first-order chi connectivity index (χ1) is 17.6. The van der Waals surface area contributed by atoms with Crippen LogP contribution >= 0.6 is 46.0 Å². The Morgan fingerprint density at radius 2 is 1.86 bits per heavy atom. The molecule has 36 heavy (non-hydrogen) atoms. The van der Waals surface area contributed by atoms with Crippen LogP contribution in [-0.4, -0.2) is 31.2 Å². The molecule has 3 heterocycles. The van der Waals surface area contributed by atoms with Gasteiger partial charge in [-0.25, -0.2) is 4.98 Å². The highest BCUT2D eigenvalue weighted by Crippen LogP contribution is 2.32. The van der Waals surface area contributed by atoms with Crippen LogP contribution < -0.4 is 5.32 Å². The zero-order valence-corrected chi connectivity index (χ0v) is 21.9. The number of anilines is 1. The van der Waals surface area contributed by atoms with E-state index >= 15 is 0 Å². The molecule has 6 nitrogen and oxygen atoms in total. The molecule has 178 valence electrons. The average molecular weight is 548 g/mol. The maximum Gasteiger partial charge on any atom is 0.225 e. The largest absolute Gasteiger partial charge is 0.326 e. The number of rotatable bonds is 7. The van der Waals surface area contributed by atoms with Crippen LogP contribution in [0.25, 0.3) is 37.0 Å². The molecule has 0 atom stereocenters. The van der Waals surface area contributed by atoms with Crippen LogP contribution in [0.15, 0.2) is 83.3 Å². The van der Waals surface area contributed by atoms with Crippen molar-refractivity contribution in [1.82, 2.24) is 19.6 Å². The van der Waals surface area contributed by atoms with Crippen LogP contribution in [0.4, 0.5) is 5.69 Å². The van der Waals surface area contributed by atoms with Gasteiger partial charge in [0, 0.05) is 33.8 Å². The van der Waals surface area contributed by atoms with Gasteiger partial charge in [0.15, 0.2) is 5.16 Å². The minimum atomic E-state index is -0.0482. The summed E-state index contributed by atoms with van der Waals surface area (Å²) in [5, 5.41) is 16.1. The lowest BCUT2D eigenvalue weighted by molar-refractivity contribution is -0.115. The first kappa shape index (κ1) is 23.2. The molecule has 0 unspecified atom stereocenters.